The second-order valence-electron chi connectivity index (χ2n) is 9.13. The topological polar surface area (TPSA) is 109 Å². The summed E-state index contributed by atoms with van der Waals surface area (Å²) in [6.45, 7) is 6.75. The highest BCUT2D eigenvalue weighted by Crippen LogP contribution is 2.42. The number of pyridine rings is 1. The normalized spacial score (nSPS) is 16.6. The highest BCUT2D eigenvalue weighted by atomic mass is 16.5. The van der Waals surface area contributed by atoms with Gasteiger partial charge in [0.2, 0.25) is 0 Å². The number of ether oxygens (including phenoxy) is 2. The van der Waals surface area contributed by atoms with Crippen LogP contribution in [0.15, 0.2) is 66.5 Å². The minimum atomic E-state index is -0.907. The number of aromatic nitrogens is 1. The van der Waals surface area contributed by atoms with Crippen LogP contribution in [0.5, 0.6) is 17.2 Å². The lowest BCUT2D eigenvalue weighted by molar-refractivity contribution is -0.140. The lowest BCUT2D eigenvalue weighted by Crippen LogP contribution is -2.29. The molecule has 1 saturated heterocycles. The molecule has 1 unspecified atom stereocenters. The van der Waals surface area contributed by atoms with Crippen molar-refractivity contribution >= 4 is 17.4 Å². The van der Waals surface area contributed by atoms with Gasteiger partial charge in [-0.05, 0) is 73.4 Å². The minimum absolute atomic E-state index is 0.0360. The number of aliphatic hydroxyl groups is 1. The fourth-order valence-electron chi connectivity index (χ4n) is 4.49. The van der Waals surface area contributed by atoms with E-state index < -0.39 is 17.7 Å². The van der Waals surface area contributed by atoms with Gasteiger partial charge >= 0.3 is 0 Å². The number of rotatable bonds is 10. The summed E-state index contributed by atoms with van der Waals surface area (Å²) >= 11 is 0. The van der Waals surface area contributed by atoms with E-state index in [1.807, 2.05) is 13.0 Å². The number of amides is 1. The summed E-state index contributed by atoms with van der Waals surface area (Å²) in [6.07, 6.45) is 5.19. The molecule has 8 nitrogen and oxygen atoms in total. The van der Waals surface area contributed by atoms with Crippen LogP contribution >= 0.6 is 0 Å². The molecule has 3 aromatic rings. The number of hydrogen-bond donors (Lipinski definition) is 2. The molecule has 1 aliphatic heterocycles. The largest absolute Gasteiger partial charge is 0.507 e. The number of likely N-dealkylation sites (tertiary alicyclic amines) is 1. The Labute approximate surface area is 222 Å². The van der Waals surface area contributed by atoms with E-state index in [1.165, 1.54) is 11.0 Å². The van der Waals surface area contributed by atoms with E-state index in [4.69, 9.17) is 9.47 Å². The van der Waals surface area contributed by atoms with Gasteiger partial charge in [-0.1, -0.05) is 25.5 Å². The molecule has 0 saturated carbocycles. The van der Waals surface area contributed by atoms with Crippen LogP contribution in [0.3, 0.4) is 0 Å². The predicted molar refractivity (Wildman–Crippen MR) is 143 cm³/mol. The fraction of sp³-hybridized carbons (Fsp3) is 0.300. The Balaban J connectivity index is 1.81. The van der Waals surface area contributed by atoms with Crippen LogP contribution in [0.1, 0.15) is 55.0 Å². The van der Waals surface area contributed by atoms with E-state index in [0.29, 0.717) is 30.1 Å². The van der Waals surface area contributed by atoms with E-state index in [1.54, 1.807) is 55.7 Å². The Bertz CT molecular complexity index is 1350. The first-order valence-electron chi connectivity index (χ1n) is 12.7. The van der Waals surface area contributed by atoms with Crippen molar-refractivity contribution < 1.29 is 29.3 Å². The van der Waals surface area contributed by atoms with Gasteiger partial charge in [0.25, 0.3) is 11.7 Å². The van der Waals surface area contributed by atoms with Gasteiger partial charge in [-0.15, -0.1) is 0 Å². The van der Waals surface area contributed by atoms with Gasteiger partial charge < -0.3 is 24.6 Å². The van der Waals surface area contributed by atoms with Crippen molar-refractivity contribution in [2.75, 3.05) is 13.2 Å². The van der Waals surface area contributed by atoms with Gasteiger partial charge in [-0.25, -0.2) is 0 Å². The van der Waals surface area contributed by atoms with Crippen LogP contribution in [0, 0.1) is 6.92 Å². The van der Waals surface area contributed by atoms with Crippen LogP contribution < -0.4 is 9.47 Å². The standard InChI is InChI=1S/C30H32N2O6/c1-4-6-14-38-24-12-10-22(15-19(24)3)28(34)26-27(21-9-11-23(33)25(16-21)37-5-2)32(30(36)29(26)35)18-20-8-7-13-31-17-20/h7-13,15-17,27,33-34H,4-6,14,18H2,1-3H3. The SMILES string of the molecule is CCCCOc1ccc(C(O)=C2C(=O)C(=O)N(Cc3cccnc3)C2c2ccc(O)c(OCC)c2)cc1C. The van der Waals surface area contributed by atoms with Gasteiger partial charge in [-0.3, -0.25) is 14.6 Å². The smallest absolute Gasteiger partial charge is 0.295 e. The monoisotopic (exact) mass is 516 g/mol. The summed E-state index contributed by atoms with van der Waals surface area (Å²) in [4.78, 5) is 32.2. The van der Waals surface area contributed by atoms with Gasteiger partial charge in [0.05, 0.1) is 24.8 Å². The van der Waals surface area contributed by atoms with E-state index >= 15 is 0 Å². The molecule has 4 rings (SSSR count). The number of carbonyl (C=O) groups excluding carboxylic acids is 2. The molecule has 0 aliphatic carbocycles. The molecule has 1 aromatic heterocycles. The molecule has 1 aliphatic rings. The average molecular weight is 517 g/mol. The number of carbonyl (C=O) groups is 2. The van der Waals surface area contributed by atoms with E-state index in [9.17, 15) is 19.8 Å². The predicted octanol–water partition coefficient (Wildman–Crippen LogP) is 5.30. The second-order valence-corrected chi connectivity index (χ2v) is 9.13. The molecule has 0 spiro atoms. The number of phenols is 1. The number of hydrogen-bond acceptors (Lipinski definition) is 7. The number of phenolic OH excluding ortho intramolecular Hbond substituents is 1. The number of aryl methyl sites for hydroxylation is 1. The number of aliphatic hydroxyl groups excluding tert-OH is 1. The van der Waals surface area contributed by atoms with Crippen molar-refractivity contribution in [3.63, 3.8) is 0 Å². The Morgan fingerprint density at radius 2 is 1.87 bits per heavy atom. The highest BCUT2D eigenvalue weighted by Gasteiger charge is 2.46. The maximum absolute atomic E-state index is 13.4. The zero-order valence-electron chi connectivity index (χ0n) is 21.8. The highest BCUT2D eigenvalue weighted by molar-refractivity contribution is 6.46. The molecule has 1 fully saturated rings. The van der Waals surface area contributed by atoms with Crippen molar-refractivity contribution in [1.82, 2.24) is 9.88 Å². The molecule has 1 amide bonds. The molecule has 8 heteroatoms. The van der Waals surface area contributed by atoms with Gasteiger partial charge in [-0.2, -0.15) is 0 Å². The second kappa shape index (κ2) is 11.8. The molecule has 2 heterocycles. The zero-order chi connectivity index (χ0) is 27.2. The first-order chi connectivity index (χ1) is 18.3. The molecule has 0 radical (unpaired) electrons. The molecule has 2 aromatic carbocycles. The van der Waals surface area contributed by atoms with Crippen molar-refractivity contribution in [3.05, 3.63) is 88.8 Å². The number of unbranched alkanes of at least 4 members (excludes halogenated alkanes) is 1. The van der Waals surface area contributed by atoms with Crippen LogP contribution in [0.25, 0.3) is 5.76 Å². The summed E-state index contributed by atoms with van der Waals surface area (Å²) < 4.78 is 11.4. The van der Waals surface area contributed by atoms with Crippen LogP contribution in [0.2, 0.25) is 0 Å². The molecule has 0 bridgehead atoms. The van der Waals surface area contributed by atoms with Gasteiger partial charge in [0.15, 0.2) is 11.5 Å². The third-order valence-electron chi connectivity index (χ3n) is 6.42. The van der Waals surface area contributed by atoms with E-state index in [-0.39, 0.29) is 29.4 Å². The summed E-state index contributed by atoms with van der Waals surface area (Å²) in [6, 6.07) is 12.5. The van der Waals surface area contributed by atoms with Crippen LogP contribution in [-0.4, -0.2) is 45.0 Å². The number of ketones is 1. The van der Waals surface area contributed by atoms with Crippen LogP contribution in [0.4, 0.5) is 0 Å². The summed E-state index contributed by atoms with van der Waals surface area (Å²) in [5, 5.41) is 21.7. The third kappa shape index (κ3) is 5.49. The van der Waals surface area contributed by atoms with Crippen LogP contribution in [-0.2, 0) is 16.1 Å². The van der Waals surface area contributed by atoms with Gasteiger partial charge in [0.1, 0.15) is 11.5 Å². The van der Waals surface area contributed by atoms with E-state index in [0.717, 1.165) is 24.0 Å². The molecule has 1 atom stereocenters. The van der Waals surface area contributed by atoms with Crippen molar-refractivity contribution in [1.29, 1.82) is 0 Å². The van der Waals surface area contributed by atoms with Crippen molar-refractivity contribution in [2.45, 2.75) is 46.2 Å². The Kier molecular flexibility index (Phi) is 8.31. The average Bonchev–Trinajstić information content (AvgIpc) is 3.16. The number of aromatic hydroxyl groups is 1. The first kappa shape index (κ1) is 26.7. The zero-order valence-corrected chi connectivity index (χ0v) is 21.8. The van der Waals surface area contributed by atoms with Crippen molar-refractivity contribution in [3.8, 4) is 17.2 Å². The summed E-state index contributed by atoms with van der Waals surface area (Å²) in [7, 11) is 0. The third-order valence-corrected chi connectivity index (χ3v) is 6.42. The lowest BCUT2D eigenvalue weighted by Gasteiger charge is -2.26. The quantitative estimate of drug-likeness (QED) is 0.163. The molecule has 2 N–H and O–H groups in total. The number of nitrogens with zero attached hydrogens (tertiary/aromatic N) is 2. The molecule has 38 heavy (non-hydrogen) atoms. The Morgan fingerprint density at radius 1 is 1.05 bits per heavy atom. The molecular formula is C30H32N2O6. The van der Waals surface area contributed by atoms with Gasteiger partial charge in [0, 0.05) is 24.5 Å². The maximum atomic E-state index is 13.4. The minimum Gasteiger partial charge on any atom is -0.507 e. The Morgan fingerprint density at radius 3 is 2.55 bits per heavy atom. The maximum Gasteiger partial charge on any atom is 0.295 e. The summed E-state index contributed by atoms with van der Waals surface area (Å²) in [5.74, 6) is -0.943. The molecule has 198 valence electrons. The summed E-state index contributed by atoms with van der Waals surface area (Å²) in [5.41, 5.74) is 2.42. The fourth-order valence-corrected chi connectivity index (χ4v) is 4.49. The van der Waals surface area contributed by atoms with E-state index in [2.05, 4.69) is 11.9 Å². The first-order valence-corrected chi connectivity index (χ1v) is 12.7. The molecular weight excluding hydrogens is 484 g/mol. The number of benzene rings is 2. The lowest BCUT2D eigenvalue weighted by atomic mass is 9.94. The van der Waals surface area contributed by atoms with Crippen molar-refractivity contribution in [2.24, 2.45) is 0 Å². The Hall–Kier alpha value is -4.33. The number of Topliss-reactive ketones (excluding diaryl/α,β-unsaturated/α-hetero) is 1.